The van der Waals surface area contributed by atoms with Crippen molar-refractivity contribution in [3.63, 3.8) is 0 Å². The zero-order valence-electron chi connectivity index (χ0n) is 17.9. The van der Waals surface area contributed by atoms with Crippen LogP contribution in [0, 0.1) is 0 Å². The van der Waals surface area contributed by atoms with Gasteiger partial charge in [-0.1, -0.05) is 60.7 Å². The SMILES string of the molecule is N[C@@H](C(=O)N1CCC[C@H]1C(=O)NCc1ccncc1)C(c1ccccc1)c1ccccc1. The van der Waals surface area contributed by atoms with Gasteiger partial charge in [0.15, 0.2) is 0 Å². The first-order chi connectivity index (χ1) is 15.6. The molecule has 2 heterocycles. The van der Waals surface area contributed by atoms with Crippen LogP contribution in [0.1, 0.15) is 35.4 Å². The molecule has 0 aliphatic carbocycles. The normalized spacial score (nSPS) is 16.7. The number of nitrogens with one attached hydrogen (secondary N) is 1. The first-order valence-electron chi connectivity index (χ1n) is 11.0. The first kappa shape index (κ1) is 21.7. The molecule has 0 spiro atoms. The standard InChI is InChI=1S/C26H28N4O2/c27-24(23(20-8-3-1-4-9-20)21-10-5-2-6-11-21)26(32)30-17-7-12-22(30)25(31)29-18-19-13-15-28-16-14-19/h1-6,8-11,13-16,22-24H,7,12,17-18,27H2,(H,29,31)/t22-,24+/m0/s1. The maximum atomic E-state index is 13.5. The molecule has 0 unspecified atom stereocenters. The summed E-state index contributed by atoms with van der Waals surface area (Å²) >= 11 is 0. The van der Waals surface area contributed by atoms with Crippen LogP contribution in [0.5, 0.6) is 0 Å². The number of pyridine rings is 1. The first-order valence-corrected chi connectivity index (χ1v) is 11.0. The number of aromatic nitrogens is 1. The van der Waals surface area contributed by atoms with Gasteiger partial charge in [-0.2, -0.15) is 0 Å². The molecule has 3 N–H and O–H groups in total. The second-order valence-electron chi connectivity index (χ2n) is 8.09. The zero-order valence-corrected chi connectivity index (χ0v) is 17.9. The van der Waals surface area contributed by atoms with E-state index in [4.69, 9.17) is 5.73 Å². The molecule has 0 radical (unpaired) electrons. The fraction of sp³-hybridized carbons (Fsp3) is 0.269. The van der Waals surface area contributed by atoms with Crippen LogP contribution in [-0.2, 0) is 16.1 Å². The van der Waals surface area contributed by atoms with Crippen LogP contribution in [0.3, 0.4) is 0 Å². The van der Waals surface area contributed by atoms with Gasteiger partial charge in [-0.3, -0.25) is 14.6 Å². The minimum atomic E-state index is -0.784. The van der Waals surface area contributed by atoms with Crippen molar-refractivity contribution in [1.29, 1.82) is 0 Å². The minimum absolute atomic E-state index is 0.143. The predicted octanol–water partition coefficient (Wildman–Crippen LogP) is 2.85. The summed E-state index contributed by atoms with van der Waals surface area (Å²) in [7, 11) is 0. The van der Waals surface area contributed by atoms with Crippen LogP contribution in [0.25, 0.3) is 0 Å². The van der Waals surface area contributed by atoms with Crippen LogP contribution >= 0.6 is 0 Å². The molecule has 1 aliphatic rings. The van der Waals surface area contributed by atoms with Crippen molar-refractivity contribution in [2.45, 2.75) is 37.4 Å². The molecule has 1 saturated heterocycles. The fourth-order valence-corrected chi connectivity index (χ4v) is 4.37. The summed E-state index contributed by atoms with van der Waals surface area (Å²) in [4.78, 5) is 32.1. The average Bonchev–Trinajstić information content (AvgIpc) is 3.34. The van der Waals surface area contributed by atoms with Crippen molar-refractivity contribution in [2.75, 3.05) is 6.54 Å². The Labute approximate surface area is 188 Å². The van der Waals surface area contributed by atoms with E-state index in [1.807, 2.05) is 72.8 Å². The number of nitrogens with two attached hydrogens (primary N) is 1. The van der Waals surface area contributed by atoms with E-state index in [1.165, 1.54) is 0 Å². The Balaban J connectivity index is 1.51. The van der Waals surface area contributed by atoms with Crippen LogP contribution in [0.2, 0.25) is 0 Å². The highest BCUT2D eigenvalue weighted by atomic mass is 16.2. The lowest BCUT2D eigenvalue weighted by Gasteiger charge is -2.31. The molecule has 3 aromatic rings. The van der Waals surface area contributed by atoms with Gasteiger partial charge >= 0.3 is 0 Å². The number of benzene rings is 2. The van der Waals surface area contributed by atoms with E-state index >= 15 is 0 Å². The Hall–Kier alpha value is -3.51. The average molecular weight is 429 g/mol. The van der Waals surface area contributed by atoms with Gasteiger partial charge in [-0.25, -0.2) is 0 Å². The lowest BCUT2D eigenvalue weighted by Crippen LogP contribution is -2.52. The van der Waals surface area contributed by atoms with Gasteiger partial charge in [0.1, 0.15) is 6.04 Å². The molecule has 2 atom stereocenters. The highest BCUT2D eigenvalue weighted by Gasteiger charge is 2.39. The smallest absolute Gasteiger partial charge is 0.243 e. The summed E-state index contributed by atoms with van der Waals surface area (Å²) in [6, 6.07) is 22.1. The lowest BCUT2D eigenvalue weighted by atomic mass is 9.84. The monoisotopic (exact) mass is 428 g/mol. The molecular formula is C26H28N4O2. The molecule has 1 aromatic heterocycles. The van der Waals surface area contributed by atoms with Crippen molar-refractivity contribution in [3.05, 3.63) is 102 Å². The molecule has 6 heteroatoms. The fourth-order valence-electron chi connectivity index (χ4n) is 4.37. The number of carbonyl (C=O) groups excluding carboxylic acids is 2. The number of carbonyl (C=O) groups is 2. The topological polar surface area (TPSA) is 88.3 Å². The van der Waals surface area contributed by atoms with E-state index in [-0.39, 0.29) is 17.7 Å². The van der Waals surface area contributed by atoms with E-state index in [1.54, 1.807) is 17.3 Å². The van der Waals surface area contributed by atoms with Crippen LogP contribution < -0.4 is 11.1 Å². The highest BCUT2D eigenvalue weighted by Crippen LogP contribution is 2.30. The van der Waals surface area contributed by atoms with E-state index in [0.29, 0.717) is 19.5 Å². The highest BCUT2D eigenvalue weighted by molar-refractivity contribution is 5.91. The summed E-state index contributed by atoms with van der Waals surface area (Å²) in [5, 5.41) is 2.96. The third kappa shape index (κ3) is 4.86. The Kier molecular flexibility index (Phi) is 6.92. The van der Waals surface area contributed by atoms with Crippen molar-refractivity contribution < 1.29 is 9.59 Å². The van der Waals surface area contributed by atoms with Gasteiger partial charge < -0.3 is 16.0 Å². The molecule has 1 fully saturated rings. The maximum absolute atomic E-state index is 13.5. The quantitative estimate of drug-likeness (QED) is 0.606. The van der Waals surface area contributed by atoms with E-state index < -0.39 is 12.1 Å². The van der Waals surface area contributed by atoms with Gasteiger partial charge in [-0.15, -0.1) is 0 Å². The van der Waals surface area contributed by atoms with Gasteiger partial charge in [0.2, 0.25) is 11.8 Å². The maximum Gasteiger partial charge on any atom is 0.243 e. The third-order valence-electron chi connectivity index (χ3n) is 6.02. The minimum Gasteiger partial charge on any atom is -0.350 e. The van der Waals surface area contributed by atoms with Crippen LogP contribution in [-0.4, -0.2) is 40.3 Å². The third-order valence-corrected chi connectivity index (χ3v) is 6.02. The number of amides is 2. The van der Waals surface area contributed by atoms with Crippen LogP contribution in [0.4, 0.5) is 0 Å². The number of hydrogen-bond donors (Lipinski definition) is 2. The van der Waals surface area contributed by atoms with Crippen molar-refractivity contribution in [2.24, 2.45) is 5.73 Å². The molecule has 164 valence electrons. The number of hydrogen-bond acceptors (Lipinski definition) is 4. The van der Waals surface area contributed by atoms with Crippen LogP contribution in [0.15, 0.2) is 85.2 Å². The molecular weight excluding hydrogens is 400 g/mol. The second kappa shape index (κ2) is 10.2. The van der Waals surface area contributed by atoms with E-state index in [9.17, 15) is 9.59 Å². The van der Waals surface area contributed by atoms with Gasteiger partial charge in [0.25, 0.3) is 0 Å². The molecule has 2 aromatic carbocycles. The van der Waals surface area contributed by atoms with Crippen molar-refractivity contribution in [1.82, 2.24) is 15.2 Å². The Bertz CT molecular complexity index is 988. The van der Waals surface area contributed by atoms with E-state index in [2.05, 4.69) is 10.3 Å². The number of nitrogens with zero attached hydrogens (tertiary/aromatic N) is 2. The van der Waals surface area contributed by atoms with Crippen molar-refractivity contribution >= 4 is 11.8 Å². The molecule has 2 amide bonds. The largest absolute Gasteiger partial charge is 0.350 e. The molecule has 6 nitrogen and oxygen atoms in total. The van der Waals surface area contributed by atoms with E-state index in [0.717, 1.165) is 23.1 Å². The summed E-state index contributed by atoms with van der Waals surface area (Å²) in [5.41, 5.74) is 9.54. The summed E-state index contributed by atoms with van der Waals surface area (Å²) in [5.74, 6) is -0.619. The lowest BCUT2D eigenvalue weighted by molar-refractivity contribution is -0.139. The Morgan fingerprint density at radius 3 is 2.16 bits per heavy atom. The zero-order chi connectivity index (χ0) is 22.3. The van der Waals surface area contributed by atoms with Gasteiger partial charge in [-0.05, 0) is 41.7 Å². The Morgan fingerprint density at radius 1 is 0.969 bits per heavy atom. The van der Waals surface area contributed by atoms with Gasteiger partial charge in [0, 0.05) is 31.4 Å². The predicted molar refractivity (Wildman–Crippen MR) is 124 cm³/mol. The molecule has 4 rings (SSSR count). The molecule has 32 heavy (non-hydrogen) atoms. The van der Waals surface area contributed by atoms with Crippen molar-refractivity contribution in [3.8, 4) is 0 Å². The summed E-state index contributed by atoms with van der Waals surface area (Å²) in [6.45, 7) is 0.943. The molecule has 0 saturated carbocycles. The number of likely N-dealkylation sites (tertiary alicyclic amines) is 1. The second-order valence-corrected chi connectivity index (χ2v) is 8.09. The Morgan fingerprint density at radius 2 is 1.56 bits per heavy atom. The summed E-state index contributed by atoms with van der Waals surface area (Å²) in [6.07, 6.45) is 4.81. The van der Waals surface area contributed by atoms with Gasteiger partial charge in [0.05, 0.1) is 6.04 Å². The molecule has 0 bridgehead atoms. The summed E-state index contributed by atoms with van der Waals surface area (Å²) < 4.78 is 0. The number of rotatable bonds is 7. The molecule has 1 aliphatic heterocycles.